The number of hydrogen-bond acceptors (Lipinski definition) is 4. The van der Waals surface area contributed by atoms with E-state index in [1.807, 2.05) is 6.07 Å². The Morgan fingerprint density at radius 1 is 1.29 bits per heavy atom. The zero-order valence-corrected chi connectivity index (χ0v) is 8.79. The van der Waals surface area contributed by atoms with E-state index >= 15 is 0 Å². The van der Waals surface area contributed by atoms with Crippen LogP contribution < -0.4 is 10.1 Å². The molecule has 4 heteroatoms. The normalized spacial score (nSPS) is 9.86. The highest BCUT2D eigenvalue weighted by Crippen LogP contribution is 2.10. The van der Waals surface area contributed by atoms with Crippen LogP contribution in [0.5, 0.6) is 5.88 Å². The largest absolute Gasteiger partial charge is 0.478 e. The van der Waals surface area contributed by atoms with Gasteiger partial charge < -0.3 is 10.1 Å². The first-order valence-electron chi connectivity index (χ1n) is 5.05. The van der Waals surface area contributed by atoms with Gasteiger partial charge >= 0.3 is 0 Å². The second kappa shape index (κ2) is 6.18. The molecule has 0 aliphatic carbocycles. The number of hydrogen-bond donors (Lipinski definition) is 1. The number of anilines is 1. The van der Waals surface area contributed by atoms with Crippen molar-refractivity contribution in [3.8, 4) is 5.88 Å². The van der Waals surface area contributed by atoms with Gasteiger partial charge in [0.1, 0.15) is 12.1 Å². The minimum atomic E-state index is 0.639. The van der Waals surface area contributed by atoms with Gasteiger partial charge in [-0.15, -0.1) is 0 Å². The van der Waals surface area contributed by atoms with Crippen LogP contribution in [0.1, 0.15) is 26.7 Å². The highest BCUT2D eigenvalue weighted by Gasteiger charge is 1.97. The van der Waals surface area contributed by atoms with Gasteiger partial charge in [-0.2, -0.15) is 0 Å². The van der Waals surface area contributed by atoms with Crippen LogP contribution in [0.3, 0.4) is 0 Å². The molecule has 1 aromatic rings. The first-order valence-corrected chi connectivity index (χ1v) is 5.05. The molecular formula is C10H17N3O. The van der Waals surface area contributed by atoms with Crippen LogP contribution in [0.2, 0.25) is 0 Å². The molecule has 78 valence electrons. The maximum Gasteiger partial charge on any atom is 0.218 e. The Kier molecular flexibility index (Phi) is 4.75. The molecule has 0 saturated heterocycles. The first-order chi connectivity index (χ1) is 6.86. The van der Waals surface area contributed by atoms with Gasteiger partial charge in [0.15, 0.2) is 0 Å². The molecule has 1 aromatic heterocycles. The molecular weight excluding hydrogens is 178 g/mol. The number of aromatic nitrogens is 2. The van der Waals surface area contributed by atoms with Crippen LogP contribution in [0.15, 0.2) is 12.4 Å². The average Bonchev–Trinajstić information content (AvgIpc) is 2.24. The number of nitrogens with one attached hydrogen (secondary N) is 1. The van der Waals surface area contributed by atoms with Gasteiger partial charge in [0.25, 0.3) is 0 Å². The summed E-state index contributed by atoms with van der Waals surface area (Å²) in [6.07, 6.45) is 3.58. The fourth-order valence-corrected chi connectivity index (χ4v) is 0.975. The minimum absolute atomic E-state index is 0.639. The maximum atomic E-state index is 5.38. The second-order valence-electron chi connectivity index (χ2n) is 3.02. The van der Waals surface area contributed by atoms with Gasteiger partial charge in [-0.3, -0.25) is 0 Å². The zero-order chi connectivity index (χ0) is 10.2. The van der Waals surface area contributed by atoms with Crippen molar-refractivity contribution in [2.45, 2.75) is 26.7 Å². The Morgan fingerprint density at radius 3 is 2.86 bits per heavy atom. The standard InChI is InChI=1S/C10H17N3O/c1-3-5-11-9-7-10(13-8-12-9)14-6-4-2/h7-8H,3-6H2,1-2H3,(H,11,12,13). The highest BCUT2D eigenvalue weighted by atomic mass is 16.5. The molecule has 0 atom stereocenters. The molecule has 14 heavy (non-hydrogen) atoms. The van der Waals surface area contributed by atoms with Crippen molar-refractivity contribution in [1.82, 2.24) is 9.97 Å². The van der Waals surface area contributed by atoms with E-state index in [-0.39, 0.29) is 0 Å². The number of rotatable bonds is 6. The van der Waals surface area contributed by atoms with E-state index in [0.717, 1.165) is 25.2 Å². The highest BCUT2D eigenvalue weighted by molar-refractivity contribution is 5.36. The summed E-state index contributed by atoms with van der Waals surface area (Å²) in [5.74, 6) is 1.47. The summed E-state index contributed by atoms with van der Waals surface area (Å²) in [7, 11) is 0. The summed E-state index contributed by atoms with van der Waals surface area (Å²) in [6.45, 7) is 5.80. The van der Waals surface area contributed by atoms with Gasteiger partial charge in [0.2, 0.25) is 5.88 Å². The van der Waals surface area contributed by atoms with Gasteiger partial charge in [-0.25, -0.2) is 9.97 Å². The Balaban J connectivity index is 2.50. The Morgan fingerprint density at radius 2 is 2.14 bits per heavy atom. The number of nitrogens with zero attached hydrogens (tertiary/aromatic N) is 2. The molecule has 1 heterocycles. The second-order valence-corrected chi connectivity index (χ2v) is 3.02. The van der Waals surface area contributed by atoms with Crippen molar-refractivity contribution >= 4 is 5.82 Å². The molecule has 0 unspecified atom stereocenters. The van der Waals surface area contributed by atoms with E-state index in [4.69, 9.17) is 4.74 Å². The molecule has 1 N–H and O–H groups in total. The molecule has 0 amide bonds. The van der Waals surface area contributed by atoms with Crippen LogP contribution in [0.25, 0.3) is 0 Å². The molecule has 0 aliphatic heterocycles. The maximum absolute atomic E-state index is 5.38. The monoisotopic (exact) mass is 195 g/mol. The SMILES string of the molecule is CCCNc1cc(OCCC)ncn1. The molecule has 0 aromatic carbocycles. The third kappa shape index (κ3) is 3.60. The Hall–Kier alpha value is -1.32. The van der Waals surface area contributed by atoms with Crippen molar-refractivity contribution < 1.29 is 4.74 Å². The lowest BCUT2D eigenvalue weighted by molar-refractivity contribution is 0.305. The summed E-state index contributed by atoms with van der Waals surface area (Å²) in [6, 6.07) is 1.82. The Bertz CT molecular complexity index is 242. The minimum Gasteiger partial charge on any atom is -0.478 e. The predicted octanol–water partition coefficient (Wildman–Crippen LogP) is 2.09. The number of ether oxygens (including phenoxy) is 1. The summed E-state index contributed by atoms with van der Waals surface area (Å²) in [5, 5.41) is 3.18. The molecule has 0 aliphatic rings. The third-order valence-corrected chi connectivity index (χ3v) is 1.65. The van der Waals surface area contributed by atoms with E-state index in [1.165, 1.54) is 6.33 Å². The van der Waals surface area contributed by atoms with Gasteiger partial charge in [0.05, 0.1) is 6.61 Å². The lowest BCUT2D eigenvalue weighted by Gasteiger charge is -2.06. The molecule has 1 rings (SSSR count). The van der Waals surface area contributed by atoms with Crippen molar-refractivity contribution in [3.63, 3.8) is 0 Å². The smallest absolute Gasteiger partial charge is 0.218 e. The summed E-state index contributed by atoms with van der Waals surface area (Å²) in [4.78, 5) is 8.09. The molecule has 0 radical (unpaired) electrons. The Labute approximate surface area is 84.7 Å². The van der Waals surface area contributed by atoms with Crippen molar-refractivity contribution in [2.24, 2.45) is 0 Å². The fourth-order valence-electron chi connectivity index (χ4n) is 0.975. The molecule has 0 spiro atoms. The average molecular weight is 195 g/mol. The van der Waals surface area contributed by atoms with Crippen LogP contribution >= 0.6 is 0 Å². The van der Waals surface area contributed by atoms with E-state index < -0.39 is 0 Å². The predicted molar refractivity (Wildman–Crippen MR) is 56.6 cm³/mol. The van der Waals surface area contributed by atoms with Gasteiger partial charge in [0, 0.05) is 12.6 Å². The zero-order valence-electron chi connectivity index (χ0n) is 8.79. The fraction of sp³-hybridized carbons (Fsp3) is 0.600. The molecule has 4 nitrogen and oxygen atoms in total. The summed E-state index contributed by atoms with van der Waals surface area (Å²) < 4.78 is 5.38. The van der Waals surface area contributed by atoms with E-state index in [2.05, 4.69) is 29.1 Å². The van der Waals surface area contributed by atoms with Crippen molar-refractivity contribution in [2.75, 3.05) is 18.5 Å². The lowest BCUT2D eigenvalue weighted by Crippen LogP contribution is -2.03. The van der Waals surface area contributed by atoms with Crippen LogP contribution in [0, 0.1) is 0 Å². The van der Waals surface area contributed by atoms with Crippen LogP contribution in [-0.2, 0) is 0 Å². The third-order valence-electron chi connectivity index (χ3n) is 1.65. The van der Waals surface area contributed by atoms with Crippen molar-refractivity contribution in [3.05, 3.63) is 12.4 Å². The topological polar surface area (TPSA) is 47.0 Å². The van der Waals surface area contributed by atoms with Gasteiger partial charge in [-0.1, -0.05) is 13.8 Å². The lowest BCUT2D eigenvalue weighted by atomic mass is 10.4. The van der Waals surface area contributed by atoms with E-state index in [9.17, 15) is 0 Å². The summed E-state index contributed by atoms with van der Waals surface area (Å²) >= 11 is 0. The van der Waals surface area contributed by atoms with E-state index in [0.29, 0.717) is 12.5 Å². The molecule has 0 fully saturated rings. The van der Waals surface area contributed by atoms with E-state index in [1.54, 1.807) is 0 Å². The summed E-state index contributed by atoms with van der Waals surface area (Å²) in [5.41, 5.74) is 0. The first kappa shape index (κ1) is 10.8. The molecule has 0 saturated carbocycles. The van der Waals surface area contributed by atoms with Crippen molar-refractivity contribution in [1.29, 1.82) is 0 Å². The van der Waals surface area contributed by atoms with Crippen LogP contribution in [-0.4, -0.2) is 23.1 Å². The van der Waals surface area contributed by atoms with Gasteiger partial charge in [-0.05, 0) is 12.8 Å². The van der Waals surface area contributed by atoms with Crippen LogP contribution in [0.4, 0.5) is 5.82 Å². The quantitative estimate of drug-likeness (QED) is 0.755. The molecule has 0 bridgehead atoms.